The van der Waals surface area contributed by atoms with Crippen LogP contribution in [-0.4, -0.2) is 52.0 Å². The second-order valence-electron chi connectivity index (χ2n) is 10.3. The molecule has 3 atom stereocenters. The minimum Gasteiger partial charge on any atom is -0.394 e. The number of amides is 3. The van der Waals surface area contributed by atoms with Gasteiger partial charge >= 0.3 is 0 Å². The number of likely N-dealkylation sites (tertiary alicyclic amines) is 1. The summed E-state index contributed by atoms with van der Waals surface area (Å²) in [4.78, 5) is 42.4. The lowest BCUT2D eigenvalue weighted by molar-refractivity contribution is -0.137. The summed E-state index contributed by atoms with van der Waals surface area (Å²) < 4.78 is 0. The number of fused-ring (bicyclic) bond motifs is 1. The monoisotopic (exact) mass is 511 g/mol. The van der Waals surface area contributed by atoms with E-state index < -0.39 is 17.4 Å². The highest BCUT2D eigenvalue weighted by Gasteiger charge is 2.49. The zero-order valence-corrected chi connectivity index (χ0v) is 21.1. The lowest BCUT2D eigenvalue weighted by atomic mass is 9.82. The second kappa shape index (κ2) is 9.08. The van der Waals surface area contributed by atoms with Gasteiger partial charge in [0.25, 0.3) is 11.8 Å². The third-order valence-corrected chi connectivity index (χ3v) is 8.11. The Kier molecular flexibility index (Phi) is 5.81. The van der Waals surface area contributed by atoms with E-state index in [2.05, 4.69) is 5.32 Å². The third-order valence-electron chi connectivity index (χ3n) is 8.11. The van der Waals surface area contributed by atoms with Crippen LogP contribution in [0.4, 0.5) is 17.1 Å². The van der Waals surface area contributed by atoms with Gasteiger partial charge in [-0.05, 0) is 48.6 Å². The summed E-state index contributed by atoms with van der Waals surface area (Å²) in [6.07, 6.45) is 5.14. The maximum atomic E-state index is 13.4. The molecule has 3 aliphatic rings. The summed E-state index contributed by atoms with van der Waals surface area (Å²) in [6, 6.07) is 16.4. The van der Waals surface area contributed by atoms with E-state index in [0.29, 0.717) is 29.0 Å². The topological polar surface area (TPSA) is 110 Å². The molecule has 3 N–H and O–H groups in total. The molecule has 0 aliphatic carbocycles. The number of aliphatic hydroxyl groups excluding tert-OH is 1. The van der Waals surface area contributed by atoms with Crippen molar-refractivity contribution in [1.29, 1.82) is 0 Å². The molecule has 6 rings (SSSR count). The Morgan fingerprint density at radius 1 is 1.18 bits per heavy atom. The number of hydrogen-bond donors (Lipinski definition) is 3. The first-order valence-electron chi connectivity index (χ1n) is 13.0. The normalized spacial score (nSPS) is 23.0. The van der Waals surface area contributed by atoms with Crippen LogP contribution in [0.2, 0.25) is 0 Å². The number of carbonyl (C=O) groups is 3. The molecule has 1 saturated heterocycles. The highest BCUT2D eigenvalue weighted by molar-refractivity contribution is 6.28. The molecule has 3 aliphatic heterocycles. The molecule has 3 aromatic rings. The summed E-state index contributed by atoms with van der Waals surface area (Å²) in [6.45, 7) is 2.30. The maximum Gasteiger partial charge on any atom is 0.263 e. The first-order chi connectivity index (χ1) is 18.3. The summed E-state index contributed by atoms with van der Waals surface area (Å²) in [5.41, 5.74) is 0.946. The van der Waals surface area contributed by atoms with Crippen molar-refractivity contribution in [3.05, 3.63) is 77.9 Å². The van der Waals surface area contributed by atoms with Gasteiger partial charge in [0.2, 0.25) is 5.91 Å². The Balaban J connectivity index is 1.29. The van der Waals surface area contributed by atoms with Crippen LogP contribution in [0.5, 0.6) is 0 Å². The van der Waals surface area contributed by atoms with Gasteiger partial charge in [-0.3, -0.25) is 19.3 Å². The summed E-state index contributed by atoms with van der Waals surface area (Å²) in [5.74, 6) is -1.44. The molecule has 0 spiro atoms. The molecule has 8 nitrogen and oxygen atoms in total. The van der Waals surface area contributed by atoms with Crippen molar-refractivity contribution in [1.82, 2.24) is 4.90 Å². The van der Waals surface area contributed by atoms with Gasteiger partial charge in [-0.1, -0.05) is 43.3 Å². The average molecular weight is 512 g/mol. The number of aliphatic hydroxyl groups is 2. The lowest BCUT2D eigenvalue weighted by Gasteiger charge is -2.27. The van der Waals surface area contributed by atoms with Crippen molar-refractivity contribution < 1.29 is 24.6 Å². The minimum atomic E-state index is -1.87. The van der Waals surface area contributed by atoms with Gasteiger partial charge in [-0.2, -0.15) is 0 Å². The smallest absolute Gasteiger partial charge is 0.263 e. The number of benzene rings is 3. The highest BCUT2D eigenvalue weighted by atomic mass is 16.3. The van der Waals surface area contributed by atoms with Crippen molar-refractivity contribution in [2.45, 2.75) is 37.8 Å². The van der Waals surface area contributed by atoms with Gasteiger partial charge in [0, 0.05) is 41.2 Å². The predicted molar refractivity (Wildman–Crippen MR) is 144 cm³/mol. The molecular weight excluding hydrogens is 482 g/mol. The third kappa shape index (κ3) is 3.55. The van der Waals surface area contributed by atoms with Crippen LogP contribution in [0.3, 0.4) is 0 Å². The van der Waals surface area contributed by atoms with Crippen molar-refractivity contribution in [3.8, 4) is 0 Å². The van der Waals surface area contributed by atoms with E-state index >= 15 is 0 Å². The van der Waals surface area contributed by atoms with E-state index in [-0.39, 0.29) is 30.9 Å². The Labute approximate surface area is 220 Å². The van der Waals surface area contributed by atoms with Crippen LogP contribution >= 0.6 is 0 Å². The van der Waals surface area contributed by atoms with Crippen molar-refractivity contribution in [2.75, 3.05) is 23.4 Å². The summed E-state index contributed by atoms with van der Waals surface area (Å²) >= 11 is 0. The number of nitrogens with zero attached hydrogens (tertiary/aromatic N) is 2. The van der Waals surface area contributed by atoms with E-state index in [1.54, 1.807) is 47.1 Å². The number of rotatable bonds is 6. The molecule has 3 amide bonds. The molecule has 0 aromatic heterocycles. The fourth-order valence-corrected chi connectivity index (χ4v) is 6.04. The first-order valence-corrected chi connectivity index (χ1v) is 13.0. The second-order valence-corrected chi connectivity index (χ2v) is 10.3. The maximum absolute atomic E-state index is 13.4. The van der Waals surface area contributed by atoms with Crippen molar-refractivity contribution >= 4 is 45.6 Å². The Morgan fingerprint density at radius 2 is 1.97 bits per heavy atom. The van der Waals surface area contributed by atoms with Crippen molar-refractivity contribution in [3.63, 3.8) is 0 Å². The SMILES string of the molecule is C[C@H](/C=C/CC(=O)N1CCC[C@H]1CO)[C@@]1(O)C(=O)Nc2ccc(N3C(=O)c4cccc5cccc3c45)cc21. The van der Waals surface area contributed by atoms with Gasteiger partial charge in [0.15, 0.2) is 5.60 Å². The largest absolute Gasteiger partial charge is 0.394 e. The fraction of sp³-hybridized carbons (Fsp3) is 0.300. The van der Waals surface area contributed by atoms with E-state index in [1.807, 2.05) is 36.4 Å². The minimum absolute atomic E-state index is 0.0516. The zero-order chi connectivity index (χ0) is 26.6. The number of nitrogens with one attached hydrogen (secondary N) is 1. The van der Waals surface area contributed by atoms with Gasteiger partial charge in [0.05, 0.1) is 23.9 Å². The van der Waals surface area contributed by atoms with E-state index in [4.69, 9.17) is 0 Å². The van der Waals surface area contributed by atoms with Crippen LogP contribution in [-0.2, 0) is 15.2 Å². The van der Waals surface area contributed by atoms with Crippen LogP contribution in [0, 0.1) is 5.92 Å². The zero-order valence-electron chi connectivity index (χ0n) is 21.1. The van der Waals surface area contributed by atoms with Gasteiger partial charge in [0.1, 0.15) is 0 Å². The standard InChI is InChI=1S/C30H29N3O5/c1-18(6-2-12-26(35)32-15-5-9-21(32)17-34)30(38)23-16-20(13-14-24(23)31-29(30)37)33-25-11-4-8-19-7-3-10-22(27(19)25)28(33)36/h2-4,6-8,10-11,13-14,16,18,21,34,38H,5,9,12,15,17H2,1H3,(H,31,37)/b6-2+/t18-,21+,30+/m1/s1. The molecule has 194 valence electrons. The predicted octanol–water partition coefficient (Wildman–Crippen LogP) is 3.84. The van der Waals surface area contributed by atoms with Crippen LogP contribution < -0.4 is 10.2 Å². The van der Waals surface area contributed by atoms with E-state index in [0.717, 1.165) is 29.3 Å². The Hall–Kier alpha value is -4.01. The van der Waals surface area contributed by atoms with Gasteiger partial charge in [-0.25, -0.2) is 0 Å². The molecule has 1 fully saturated rings. The van der Waals surface area contributed by atoms with Crippen LogP contribution in [0.15, 0.2) is 66.7 Å². The molecule has 38 heavy (non-hydrogen) atoms. The number of hydrogen-bond acceptors (Lipinski definition) is 5. The average Bonchev–Trinajstić information content (AvgIpc) is 3.59. The quantitative estimate of drug-likeness (QED) is 0.436. The van der Waals surface area contributed by atoms with E-state index in [1.165, 1.54) is 0 Å². The molecule has 3 heterocycles. The number of carbonyl (C=O) groups excluding carboxylic acids is 3. The lowest BCUT2D eigenvalue weighted by Crippen LogP contribution is -2.40. The summed E-state index contributed by atoms with van der Waals surface area (Å²) in [7, 11) is 0. The molecular formula is C30H29N3O5. The van der Waals surface area contributed by atoms with Crippen LogP contribution in [0.1, 0.15) is 42.1 Å². The molecule has 0 radical (unpaired) electrons. The number of anilines is 3. The Morgan fingerprint density at radius 3 is 2.76 bits per heavy atom. The Bertz CT molecular complexity index is 1510. The van der Waals surface area contributed by atoms with Crippen LogP contribution in [0.25, 0.3) is 10.8 Å². The molecule has 8 heteroatoms. The first kappa shape index (κ1) is 24.3. The fourth-order valence-electron chi connectivity index (χ4n) is 6.04. The highest BCUT2D eigenvalue weighted by Crippen LogP contribution is 2.47. The van der Waals surface area contributed by atoms with Gasteiger partial charge < -0.3 is 20.4 Å². The molecule has 0 saturated carbocycles. The summed E-state index contributed by atoms with van der Waals surface area (Å²) in [5, 5.41) is 25.8. The van der Waals surface area contributed by atoms with E-state index in [9.17, 15) is 24.6 Å². The molecule has 0 bridgehead atoms. The molecule has 0 unspecified atom stereocenters. The van der Waals surface area contributed by atoms with Crippen molar-refractivity contribution in [2.24, 2.45) is 5.92 Å². The molecule has 3 aromatic carbocycles. The van der Waals surface area contributed by atoms with Gasteiger partial charge in [-0.15, -0.1) is 0 Å².